The molecule has 0 spiro atoms. The van der Waals surface area contributed by atoms with E-state index >= 15 is 0 Å². The minimum Gasteiger partial charge on any atom is -0.492 e. The summed E-state index contributed by atoms with van der Waals surface area (Å²) in [6.45, 7) is 2.03. The fourth-order valence-electron chi connectivity index (χ4n) is 2.76. The summed E-state index contributed by atoms with van der Waals surface area (Å²) in [6.07, 6.45) is 5.54. The molecule has 0 bridgehead atoms. The van der Waals surface area contributed by atoms with E-state index in [0.29, 0.717) is 6.61 Å². The van der Waals surface area contributed by atoms with Gasteiger partial charge in [-0.15, -0.1) is 0 Å². The van der Waals surface area contributed by atoms with Crippen molar-refractivity contribution in [3.05, 3.63) is 72.7 Å². The molecule has 6 heteroatoms. The maximum Gasteiger partial charge on any atom is 0.121 e. The highest BCUT2D eigenvalue weighted by molar-refractivity contribution is 5.81. The quantitative estimate of drug-likeness (QED) is 0.543. The van der Waals surface area contributed by atoms with Gasteiger partial charge in [0.15, 0.2) is 0 Å². The van der Waals surface area contributed by atoms with Crippen molar-refractivity contribution in [2.24, 2.45) is 0 Å². The van der Waals surface area contributed by atoms with Gasteiger partial charge in [-0.25, -0.2) is 0 Å². The second-order valence-electron chi connectivity index (χ2n) is 5.75. The van der Waals surface area contributed by atoms with E-state index in [0.717, 1.165) is 35.4 Å². The summed E-state index contributed by atoms with van der Waals surface area (Å²) < 4.78 is 7.67. The van der Waals surface area contributed by atoms with Crippen LogP contribution < -0.4 is 10.1 Å². The Hall–Kier alpha value is -3.28. The molecule has 0 fully saturated rings. The Kier molecular flexibility index (Phi) is 4.33. The minimum atomic E-state index is 0.582. The number of aromatic nitrogens is 4. The molecule has 25 heavy (non-hydrogen) atoms. The molecule has 0 amide bonds. The van der Waals surface area contributed by atoms with Crippen LogP contribution in [0.2, 0.25) is 0 Å². The third-order valence-electron chi connectivity index (χ3n) is 4.03. The van der Waals surface area contributed by atoms with Crippen LogP contribution in [0.15, 0.2) is 67.1 Å². The molecule has 6 nitrogen and oxygen atoms in total. The summed E-state index contributed by atoms with van der Waals surface area (Å²) in [4.78, 5) is 0. The number of ether oxygens (including phenoxy) is 1. The number of para-hydroxylation sites is 1. The predicted octanol–water partition coefficient (Wildman–Crippen LogP) is 3.45. The van der Waals surface area contributed by atoms with Crippen LogP contribution in [0, 0.1) is 0 Å². The zero-order valence-corrected chi connectivity index (χ0v) is 13.7. The summed E-state index contributed by atoms with van der Waals surface area (Å²) in [7, 11) is 0. The maximum atomic E-state index is 5.81. The Bertz CT molecular complexity index is 945. The van der Waals surface area contributed by atoms with Gasteiger partial charge < -0.3 is 10.1 Å². The number of nitrogens with one attached hydrogen (secondary N) is 2. The molecule has 0 aliphatic heterocycles. The number of anilines is 1. The highest BCUT2D eigenvalue weighted by Gasteiger charge is 2.03. The summed E-state index contributed by atoms with van der Waals surface area (Å²) >= 11 is 0. The van der Waals surface area contributed by atoms with Crippen molar-refractivity contribution < 1.29 is 4.74 Å². The van der Waals surface area contributed by atoms with Gasteiger partial charge in [-0.3, -0.25) is 9.78 Å². The molecule has 0 atom stereocenters. The van der Waals surface area contributed by atoms with Crippen molar-refractivity contribution >= 4 is 16.6 Å². The molecule has 2 aromatic heterocycles. The van der Waals surface area contributed by atoms with Gasteiger partial charge in [0, 0.05) is 36.1 Å². The summed E-state index contributed by atoms with van der Waals surface area (Å²) in [6, 6.07) is 16.1. The zero-order chi connectivity index (χ0) is 16.9. The van der Waals surface area contributed by atoms with Crippen LogP contribution in [0.3, 0.4) is 0 Å². The largest absolute Gasteiger partial charge is 0.492 e. The van der Waals surface area contributed by atoms with Crippen LogP contribution >= 0.6 is 0 Å². The number of benzene rings is 2. The van der Waals surface area contributed by atoms with Crippen molar-refractivity contribution in [1.29, 1.82) is 0 Å². The molecule has 4 rings (SSSR count). The third-order valence-corrected chi connectivity index (χ3v) is 4.03. The fourth-order valence-corrected chi connectivity index (χ4v) is 2.76. The van der Waals surface area contributed by atoms with Crippen molar-refractivity contribution in [2.75, 3.05) is 11.9 Å². The van der Waals surface area contributed by atoms with E-state index < -0.39 is 0 Å². The Morgan fingerprint density at radius 1 is 1.12 bits per heavy atom. The lowest BCUT2D eigenvalue weighted by Gasteiger charge is -2.10. The number of H-pyrrole nitrogens is 1. The van der Waals surface area contributed by atoms with Gasteiger partial charge >= 0.3 is 0 Å². The molecule has 0 aliphatic carbocycles. The van der Waals surface area contributed by atoms with Gasteiger partial charge in [-0.1, -0.05) is 24.3 Å². The third kappa shape index (κ3) is 3.63. The second kappa shape index (κ2) is 7.09. The Labute approximate surface area is 145 Å². The minimum absolute atomic E-state index is 0.582. The molecule has 0 radical (unpaired) electrons. The number of rotatable bonds is 7. The lowest BCUT2D eigenvalue weighted by atomic mass is 10.1. The van der Waals surface area contributed by atoms with E-state index in [9.17, 15) is 0 Å². The van der Waals surface area contributed by atoms with Gasteiger partial charge in [-0.2, -0.15) is 10.2 Å². The second-order valence-corrected chi connectivity index (χ2v) is 5.75. The highest BCUT2D eigenvalue weighted by Crippen LogP contribution is 2.20. The monoisotopic (exact) mass is 333 g/mol. The molecule has 0 saturated heterocycles. The molecule has 126 valence electrons. The molecule has 0 aliphatic rings. The first-order chi connectivity index (χ1) is 12.4. The van der Waals surface area contributed by atoms with E-state index in [1.807, 2.05) is 53.5 Å². The van der Waals surface area contributed by atoms with Crippen molar-refractivity contribution in [1.82, 2.24) is 20.0 Å². The first-order valence-electron chi connectivity index (χ1n) is 8.24. The standard InChI is InChI=1S/C19H19N5O/c1-4-15(19-16(5-1)14-21-23-19)13-20-17-6-2-7-18(12-17)25-11-10-24-9-3-8-22-24/h1-9,12,14,20H,10-11,13H2,(H,21,23). The highest BCUT2D eigenvalue weighted by atomic mass is 16.5. The fraction of sp³-hybridized carbons (Fsp3) is 0.158. The maximum absolute atomic E-state index is 5.81. The molecule has 2 heterocycles. The Morgan fingerprint density at radius 3 is 3.00 bits per heavy atom. The van der Waals surface area contributed by atoms with E-state index in [1.54, 1.807) is 6.20 Å². The SMILES string of the molecule is c1cc(NCc2cccc3cn[nH]c23)cc(OCCn2cccn2)c1. The van der Waals surface area contributed by atoms with Crippen LogP contribution in [0.4, 0.5) is 5.69 Å². The number of hydrogen-bond donors (Lipinski definition) is 2. The molecule has 4 aromatic rings. The van der Waals surface area contributed by atoms with Crippen LogP contribution in [-0.2, 0) is 13.1 Å². The van der Waals surface area contributed by atoms with Crippen molar-refractivity contribution in [3.63, 3.8) is 0 Å². The van der Waals surface area contributed by atoms with Crippen LogP contribution in [-0.4, -0.2) is 26.6 Å². The van der Waals surface area contributed by atoms with Gasteiger partial charge in [0.2, 0.25) is 0 Å². The number of nitrogens with zero attached hydrogens (tertiary/aromatic N) is 3. The van der Waals surface area contributed by atoms with E-state index in [2.05, 4.69) is 32.7 Å². The van der Waals surface area contributed by atoms with Crippen molar-refractivity contribution in [2.45, 2.75) is 13.1 Å². The number of hydrogen-bond acceptors (Lipinski definition) is 4. The lowest BCUT2D eigenvalue weighted by Crippen LogP contribution is -2.08. The molecule has 2 aromatic carbocycles. The van der Waals surface area contributed by atoms with Crippen molar-refractivity contribution in [3.8, 4) is 5.75 Å². The summed E-state index contributed by atoms with van der Waals surface area (Å²) in [5.41, 5.74) is 3.27. The molecule has 0 saturated carbocycles. The first-order valence-corrected chi connectivity index (χ1v) is 8.24. The molecule has 2 N–H and O–H groups in total. The average Bonchev–Trinajstić information content (AvgIpc) is 3.32. The van der Waals surface area contributed by atoms with Crippen LogP contribution in [0.25, 0.3) is 10.9 Å². The number of fused-ring (bicyclic) bond motifs is 1. The Balaban J connectivity index is 1.37. The van der Waals surface area contributed by atoms with Gasteiger partial charge in [0.25, 0.3) is 0 Å². The molecular weight excluding hydrogens is 314 g/mol. The van der Waals surface area contributed by atoms with Gasteiger partial charge in [-0.05, 0) is 23.8 Å². The summed E-state index contributed by atoms with van der Waals surface area (Å²) in [5, 5.41) is 15.9. The molecule has 0 unspecified atom stereocenters. The summed E-state index contributed by atoms with van der Waals surface area (Å²) in [5.74, 6) is 0.844. The van der Waals surface area contributed by atoms with Crippen LogP contribution in [0.5, 0.6) is 5.75 Å². The van der Waals surface area contributed by atoms with Gasteiger partial charge in [0.05, 0.1) is 18.3 Å². The Morgan fingerprint density at radius 2 is 2.08 bits per heavy atom. The molecular formula is C19H19N5O. The van der Waals surface area contributed by atoms with Crippen LogP contribution in [0.1, 0.15) is 5.56 Å². The van der Waals surface area contributed by atoms with E-state index in [1.165, 1.54) is 5.56 Å². The van der Waals surface area contributed by atoms with Gasteiger partial charge in [0.1, 0.15) is 12.4 Å². The topological polar surface area (TPSA) is 67.8 Å². The average molecular weight is 333 g/mol. The first kappa shape index (κ1) is 15.3. The predicted molar refractivity (Wildman–Crippen MR) is 97.6 cm³/mol. The normalized spacial score (nSPS) is 10.9. The number of aromatic amines is 1. The lowest BCUT2D eigenvalue weighted by molar-refractivity contribution is 0.291. The van der Waals surface area contributed by atoms with E-state index in [-0.39, 0.29) is 0 Å². The van der Waals surface area contributed by atoms with E-state index in [4.69, 9.17) is 4.74 Å². The zero-order valence-electron chi connectivity index (χ0n) is 13.7. The smallest absolute Gasteiger partial charge is 0.121 e.